The molecule has 1 aromatic carbocycles. The van der Waals surface area contributed by atoms with Crippen LogP contribution in [-0.2, 0) is 0 Å². The lowest BCUT2D eigenvalue weighted by molar-refractivity contribution is 0.0914. The summed E-state index contributed by atoms with van der Waals surface area (Å²) in [6.45, 7) is 2.69. The van der Waals surface area contributed by atoms with E-state index >= 15 is 0 Å². The average molecular weight is 298 g/mol. The van der Waals surface area contributed by atoms with E-state index < -0.39 is 0 Å². The molecule has 0 radical (unpaired) electrons. The summed E-state index contributed by atoms with van der Waals surface area (Å²) < 4.78 is 5.59. The fourth-order valence-electron chi connectivity index (χ4n) is 3.00. The Labute approximate surface area is 131 Å². The Morgan fingerprint density at radius 2 is 1.86 bits per heavy atom. The third kappa shape index (κ3) is 3.57. The van der Waals surface area contributed by atoms with Crippen LogP contribution in [0.1, 0.15) is 41.4 Å². The molecule has 3 rings (SSSR count). The van der Waals surface area contributed by atoms with E-state index in [1.165, 1.54) is 19.3 Å². The normalized spacial score (nSPS) is 17.1. The number of nitrogens with zero attached hydrogens (tertiary/aromatic N) is 1. The van der Waals surface area contributed by atoms with Crippen LogP contribution in [0.5, 0.6) is 0 Å². The molecule has 1 aromatic heterocycles. The second-order valence-electron chi connectivity index (χ2n) is 5.70. The van der Waals surface area contributed by atoms with E-state index in [2.05, 4.69) is 10.2 Å². The zero-order chi connectivity index (χ0) is 15.2. The molecule has 1 aliphatic heterocycles. The number of hydrogen-bond acceptors (Lipinski definition) is 3. The van der Waals surface area contributed by atoms with Crippen LogP contribution in [-0.4, -0.2) is 30.4 Å². The van der Waals surface area contributed by atoms with Gasteiger partial charge in [0.1, 0.15) is 5.76 Å². The Balaban J connectivity index is 1.66. The number of benzene rings is 1. The minimum Gasteiger partial charge on any atom is -0.468 e. The highest BCUT2D eigenvalue weighted by molar-refractivity contribution is 5.94. The molecule has 116 valence electrons. The highest BCUT2D eigenvalue weighted by Crippen LogP contribution is 2.24. The van der Waals surface area contributed by atoms with Crippen LogP contribution < -0.4 is 5.32 Å². The van der Waals surface area contributed by atoms with Gasteiger partial charge in [-0.1, -0.05) is 24.6 Å². The molecule has 1 fully saturated rings. The molecule has 0 aliphatic carbocycles. The van der Waals surface area contributed by atoms with Crippen molar-refractivity contribution in [3.05, 3.63) is 60.1 Å². The summed E-state index contributed by atoms with van der Waals surface area (Å²) in [4.78, 5) is 14.7. The quantitative estimate of drug-likeness (QED) is 0.921. The average Bonchev–Trinajstić information content (AvgIpc) is 3.11. The van der Waals surface area contributed by atoms with Crippen molar-refractivity contribution in [1.82, 2.24) is 10.2 Å². The molecule has 1 N–H and O–H groups in total. The van der Waals surface area contributed by atoms with Gasteiger partial charge in [0, 0.05) is 12.1 Å². The molecule has 1 aliphatic rings. The molecule has 22 heavy (non-hydrogen) atoms. The summed E-state index contributed by atoms with van der Waals surface area (Å²) in [6, 6.07) is 13.3. The van der Waals surface area contributed by atoms with E-state index in [-0.39, 0.29) is 11.9 Å². The molecular formula is C18H22N2O2. The molecule has 1 saturated heterocycles. The molecular weight excluding hydrogens is 276 g/mol. The lowest BCUT2D eigenvalue weighted by Gasteiger charge is -2.33. The van der Waals surface area contributed by atoms with Crippen molar-refractivity contribution >= 4 is 5.91 Å². The van der Waals surface area contributed by atoms with E-state index in [9.17, 15) is 4.79 Å². The van der Waals surface area contributed by atoms with Crippen molar-refractivity contribution < 1.29 is 9.21 Å². The molecule has 4 heteroatoms. The van der Waals surface area contributed by atoms with Gasteiger partial charge in [-0.05, 0) is 50.2 Å². The molecule has 0 spiro atoms. The summed E-state index contributed by atoms with van der Waals surface area (Å²) in [5.74, 6) is 0.893. The zero-order valence-corrected chi connectivity index (χ0v) is 12.7. The van der Waals surface area contributed by atoms with Gasteiger partial charge < -0.3 is 9.73 Å². The van der Waals surface area contributed by atoms with Crippen LogP contribution in [0, 0.1) is 0 Å². The van der Waals surface area contributed by atoms with Crippen LogP contribution in [0.25, 0.3) is 0 Å². The molecule has 4 nitrogen and oxygen atoms in total. The Hall–Kier alpha value is -2.07. The first kappa shape index (κ1) is 14.9. The number of carbonyl (C=O) groups excluding carboxylic acids is 1. The largest absolute Gasteiger partial charge is 0.468 e. The van der Waals surface area contributed by atoms with Gasteiger partial charge in [0.25, 0.3) is 5.91 Å². The van der Waals surface area contributed by atoms with Crippen molar-refractivity contribution in [2.75, 3.05) is 19.6 Å². The Kier molecular flexibility index (Phi) is 4.91. The summed E-state index contributed by atoms with van der Waals surface area (Å²) in [5, 5.41) is 3.04. The molecule has 2 aromatic rings. The van der Waals surface area contributed by atoms with Crippen molar-refractivity contribution in [2.24, 2.45) is 0 Å². The molecule has 1 amide bonds. The van der Waals surface area contributed by atoms with Gasteiger partial charge in [0.05, 0.1) is 12.3 Å². The fraction of sp³-hybridized carbons (Fsp3) is 0.389. The van der Waals surface area contributed by atoms with Gasteiger partial charge >= 0.3 is 0 Å². The van der Waals surface area contributed by atoms with Crippen LogP contribution in [0.3, 0.4) is 0 Å². The van der Waals surface area contributed by atoms with Gasteiger partial charge in [-0.3, -0.25) is 9.69 Å². The topological polar surface area (TPSA) is 45.5 Å². The maximum Gasteiger partial charge on any atom is 0.251 e. The fourth-order valence-corrected chi connectivity index (χ4v) is 3.00. The van der Waals surface area contributed by atoms with Gasteiger partial charge in [-0.15, -0.1) is 0 Å². The summed E-state index contributed by atoms with van der Waals surface area (Å²) in [5.41, 5.74) is 0.694. The van der Waals surface area contributed by atoms with Crippen LogP contribution in [0.4, 0.5) is 0 Å². The summed E-state index contributed by atoms with van der Waals surface area (Å²) >= 11 is 0. The van der Waals surface area contributed by atoms with E-state index in [4.69, 9.17) is 4.42 Å². The Morgan fingerprint density at radius 3 is 2.55 bits per heavy atom. The summed E-state index contributed by atoms with van der Waals surface area (Å²) in [7, 11) is 0. The smallest absolute Gasteiger partial charge is 0.251 e. The number of rotatable bonds is 5. The number of likely N-dealkylation sites (tertiary alicyclic amines) is 1. The molecule has 1 atom stereocenters. The van der Waals surface area contributed by atoms with Crippen LogP contribution >= 0.6 is 0 Å². The highest BCUT2D eigenvalue weighted by Gasteiger charge is 2.24. The molecule has 0 saturated carbocycles. The van der Waals surface area contributed by atoms with E-state index in [1.807, 2.05) is 42.5 Å². The van der Waals surface area contributed by atoms with Crippen LogP contribution in [0.15, 0.2) is 53.1 Å². The molecule has 2 heterocycles. The first-order valence-electron chi connectivity index (χ1n) is 7.95. The molecule has 0 unspecified atom stereocenters. The van der Waals surface area contributed by atoms with Crippen molar-refractivity contribution in [1.29, 1.82) is 0 Å². The maximum absolute atomic E-state index is 12.2. The SMILES string of the molecule is O=C(NC[C@H](c1ccco1)N1CCCCC1)c1ccccc1. The molecule has 0 bridgehead atoms. The number of nitrogens with one attached hydrogen (secondary N) is 1. The first-order chi connectivity index (χ1) is 10.8. The van der Waals surface area contributed by atoms with Gasteiger partial charge in [-0.25, -0.2) is 0 Å². The van der Waals surface area contributed by atoms with Crippen LogP contribution in [0.2, 0.25) is 0 Å². The van der Waals surface area contributed by atoms with E-state index in [1.54, 1.807) is 6.26 Å². The lowest BCUT2D eigenvalue weighted by atomic mass is 10.1. The first-order valence-corrected chi connectivity index (χ1v) is 7.95. The minimum atomic E-state index is -0.0332. The van der Waals surface area contributed by atoms with Crippen molar-refractivity contribution in [3.63, 3.8) is 0 Å². The lowest BCUT2D eigenvalue weighted by Crippen LogP contribution is -2.40. The second kappa shape index (κ2) is 7.27. The number of carbonyl (C=O) groups is 1. The predicted octanol–water partition coefficient (Wildman–Crippen LogP) is 3.24. The van der Waals surface area contributed by atoms with E-state index in [0.29, 0.717) is 12.1 Å². The number of furan rings is 1. The Bertz CT molecular complexity index is 574. The number of piperidine rings is 1. The second-order valence-corrected chi connectivity index (χ2v) is 5.70. The minimum absolute atomic E-state index is 0.0332. The summed E-state index contributed by atoms with van der Waals surface area (Å²) in [6.07, 6.45) is 5.41. The monoisotopic (exact) mass is 298 g/mol. The van der Waals surface area contributed by atoms with Gasteiger partial charge in [0.2, 0.25) is 0 Å². The maximum atomic E-state index is 12.2. The van der Waals surface area contributed by atoms with E-state index in [0.717, 1.165) is 18.8 Å². The number of amides is 1. The van der Waals surface area contributed by atoms with Gasteiger partial charge in [0.15, 0.2) is 0 Å². The standard InChI is InChI=1S/C18H22N2O2/c21-18(15-8-3-1-4-9-15)19-14-16(17-10-7-13-22-17)20-11-5-2-6-12-20/h1,3-4,7-10,13,16H,2,5-6,11-12,14H2,(H,19,21)/t16-/m1/s1. The van der Waals surface area contributed by atoms with Crippen molar-refractivity contribution in [2.45, 2.75) is 25.3 Å². The third-order valence-corrected chi connectivity index (χ3v) is 4.19. The predicted molar refractivity (Wildman–Crippen MR) is 85.6 cm³/mol. The number of hydrogen-bond donors (Lipinski definition) is 1. The zero-order valence-electron chi connectivity index (χ0n) is 12.7. The Morgan fingerprint density at radius 1 is 1.09 bits per heavy atom. The van der Waals surface area contributed by atoms with Gasteiger partial charge in [-0.2, -0.15) is 0 Å². The third-order valence-electron chi connectivity index (χ3n) is 4.19. The van der Waals surface area contributed by atoms with Crippen molar-refractivity contribution in [3.8, 4) is 0 Å². The highest BCUT2D eigenvalue weighted by atomic mass is 16.3.